The molecule has 2 N–H and O–H groups in total. The van der Waals surface area contributed by atoms with Gasteiger partial charge in [-0.15, -0.1) is 0 Å². The van der Waals surface area contributed by atoms with E-state index in [9.17, 15) is 24.4 Å². The number of halogens is 1. The molecule has 0 radical (unpaired) electrons. The Labute approximate surface area is 131 Å². The molecule has 10 heteroatoms. The minimum absolute atomic E-state index is 0.000407. The second-order valence-corrected chi connectivity index (χ2v) is 5.38. The number of carbonyl (C=O) groups excluding carboxylic acids is 1. The maximum Gasteiger partial charge on any atom is 0.345 e. The van der Waals surface area contributed by atoms with Crippen LogP contribution in [0.2, 0.25) is 0 Å². The molecule has 8 nitrogen and oxygen atoms in total. The van der Waals surface area contributed by atoms with E-state index in [1.165, 1.54) is 18.2 Å². The molecule has 0 saturated heterocycles. The lowest BCUT2D eigenvalue weighted by atomic mass is 10.1. The van der Waals surface area contributed by atoms with Crippen LogP contribution in [0.5, 0.6) is 5.75 Å². The molecule has 0 aliphatic carbocycles. The van der Waals surface area contributed by atoms with Gasteiger partial charge in [-0.2, -0.15) is 0 Å². The topological polar surface area (TPSA) is 118 Å². The summed E-state index contributed by atoms with van der Waals surface area (Å²) in [6.45, 7) is 0. The number of fused-ring (bicyclic) bond motifs is 1. The first-order valence-corrected chi connectivity index (χ1v) is 6.97. The van der Waals surface area contributed by atoms with Gasteiger partial charge in [0.25, 0.3) is 5.91 Å². The summed E-state index contributed by atoms with van der Waals surface area (Å²) in [4.78, 5) is 29.6. The van der Waals surface area contributed by atoms with E-state index in [0.717, 1.165) is 12.4 Å². The third kappa shape index (κ3) is 2.66. The van der Waals surface area contributed by atoms with E-state index < -0.39 is 22.4 Å². The van der Waals surface area contributed by atoms with Gasteiger partial charge in [0.05, 0.1) is 4.92 Å². The molecule has 2 heterocycles. The van der Waals surface area contributed by atoms with Gasteiger partial charge < -0.3 is 5.11 Å². The Morgan fingerprint density at radius 1 is 1.35 bits per heavy atom. The Bertz CT molecular complexity index is 943. The van der Waals surface area contributed by atoms with Gasteiger partial charge in [0.2, 0.25) is 0 Å². The van der Waals surface area contributed by atoms with Crippen molar-refractivity contribution in [3.8, 4) is 5.75 Å². The Hall–Kier alpha value is -3.14. The molecule has 0 unspecified atom stereocenters. The van der Waals surface area contributed by atoms with Crippen LogP contribution in [0.15, 0.2) is 30.6 Å². The lowest BCUT2D eigenvalue weighted by Crippen LogP contribution is -2.12. The van der Waals surface area contributed by atoms with Crippen molar-refractivity contribution < 1.29 is 19.2 Å². The zero-order valence-corrected chi connectivity index (χ0v) is 12.0. The van der Waals surface area contributed by atoms with Crippen molar-refractivity contribution in [3.63, 3.8) is 0 Å². The zero-order chi connectivity index (χ0) is 16.6. The Balaban J connectivity index is 1.94. The number of aromatic hydroxyl groups is 1. The van der Waals surface area contributed by atoms with Gasteiger partial charge in [-0.3, -0.25) is 25.2 Å². The Morgan fingerprint density at radius 2 is 2.13 bits per heavy atom. The van der Waals surface area contributed by atoms with E-state index in [1.54, 1.807) is 0 Å². The lowest BCUT2D eigenvalue weighted by molar-refractivity contribution is -0.380. The largest absolute Gasteiger partial charge is 0.506 e. The number of pyridine rings is 1. The maximum atomic E-state index is 13.6. The highest BCUT2D eigenvalue weighted by molar-refractivity contribution is 7.18. The van der Waals surface area contributed by atoms with Crippen LogP contribution in [0.3, 0.4) is 0 Å². The summed E-state index contributed by atoms with van der Waals surface area (Å²) in [5.41, 5.74) is -0.257. The normalized spacial score (nSPS) is 10.7. The Kier molecular flexibility index (Phi) is 3.58. The van der Waals surface area contributed by atoms with Crippen molar-refractivity contribution in [2.45, 2.75) is 0 Å². The fourth-order valence-electron chi connectivity index (χ4n) is 1.91. The van der Waals surface area contributed by atoms with Crippen LogP contribution in [0.4, 0.5) is 14.5 Å². The second-order valence-electron chi connectivity index (χ2n) is 4.37. The summed E-state index contributed by atoms with van der Waals surface area (Å²) in [6.07, 6.45) is 2.03. The predicted molar refractivity (Wildman–Crippen MR) is 80.1 cm³/mol. The number of benzene rings is 1. The third-order valence-corrected chi connectivity index (χ3v) is 3.82. The summed E-state index contributed by atoms with van der Waals surface area (Å²) in [5.74, 6) is -1.82. The average Bonchev–Trinajstić information content (AvgIpc) is 2.97. The number of nitrogens with zero attached hydrogens (tertiary/aromatic N) is 3. The third-order valence-electron chi connectivity index (χ3n) is 2.96. The van der Waals surface area contributed by atoms with E-state index in [4.69, 9.17) is 0 Å². The smallest absolute Gasteiger partial charge is 0.345 e. The van der Waals surface area contributed by atoms with Crippen LogP contribution in [0.1, 0.15) is 10.4 Å². The lowest BCUT2D eigenvalue weighted by Gasteiger charge is -2.07. The number of aromatic nitrogens is 2. The number of hydrogen-bond acceptors (Lipinski definition) is 7. The zero-order valence-electron chi connectivity index (χ0n) is 11.2. The first-order valence-electron chi connectivity index (χ1n) is 6.15. The molecule has 1 amide bonds. The van der Waals surface area contributed by atoms with E-state index >= 15 is 0 Å². The van der Waals surface area contributed by atoms with E-state index in [-0.39, 0.29) is 26.6 Å². The van der Waals surface area contributed by atoms with Gasteiger partial charge in [-0.05, 0) is 23.5 Å². The molecule has 0 spiro atoms. The SMILES string of the molecule is O=C(Nc1ncc([N+](=O)[O-])s1)c1cnc2c(F)cccc2c1O. The molecule has 0 bridgehead atoms. The fraction of sp³-hybridized carbons (Fsp3) is 0. The Morgan fingerprint density at radius 3 is 2.83 bits per heavy atom. The van der Waals surface area contributed by atoms with Gasteiger partial charge in [0, 0.05) is 11.6 Å². The minimum atomic E-state index is -0.759. The number of hydrogen-bond donors (Lipinski definition) is 2. The first kappa shape index (κ1) is 14.8. The molecule has 0 saturated carbocycles. The quantitative estimate of drug-likeness (QED) is 0.561. The summed E-state index contributed by atoms with van der Waals surface area (Å²) in [5, 5.41) is 22.9. The number of nitro groups is 1. The molecule has 0 fully saturated rings. The fourth-order valence-corrected chi connectivity index (χ4v) is 2.54. The minimum Gasteiger partial charge on any atom is -0.506 e. The van der Waals surface area contributed by atoms with Crippen molar-refractivity contribution in [2.24, 2.45) is 0 Å². The van der Waals surface area contributed by atoms with E-state index in [2.05, 4.69) is 15.3 Å². The molecular formula is C13H7FN4O4S. The van der Waals surface area contributed by atoms with Crippen LogP contribution < -0.4 is 5.32 Å². The summed E-state index contributed by atoms with van der Waals surface area (Å²) in [6, 6.07) is 3.99. The van der Waals surface area contributed by atoms with Crippen LogP contribution in [0.25, 0.3) is 10.9 Å². The molecule has 23 heavy (non-hydrogen) atoms. The number of amides is 1. The van der Waals surface area contributed by atoms with Gasteiger partial charge in [-0.25, -0.2) is 9.37 Å². The molecule has 2 aromatic heterocycles. The van der Waals surface area contributed by atoms with Gasteiger partial charge in [0.1, 0.15) is 28.8 Å². The molecule has 0 aliphatic rings. The second kappa shape index (κ2) is 5.57. The predicted octanol–water partition coefficient (Wildman–Crippen LogP) is 2.70. The van der Waals surface area contributed by atoms with Crippen LogP contribution in [-0.4, -0.2) is 25.9 Å². The standard InChI is InChI=1S/C13H7FN4O4S/c14-8-3-1-2-6-10(8)15-4-7(11(6)19)12(20)17-13-16-5-9(23-13)18(21)22/h1-5H,(H,15,19)(H,16,17,20). The highest BCUT2D eigenvalue weighted by Gasteiger charge is 2.19. The van der Waals surface area contributed by atoms with Crippen molar-refractivity contribution in [1.29, 1.82) is 0 Å². The summed E-state index contributed by atoms with van der Waals surface area (Å²) in [7, 11) is 0. The maximum absolute atomic E-state index is 13.6. The molecule has 3 aromatic rings. The number of carbonyl (C=O) groups is 1. The first-order chi connectivity index (χ1) is 11.0. The summed E-state index contributed by atoms with van der Waals surface area (Å²) < 4.78 is 13.6. The number of para-hydroxylation sites is 1. The van der Waals surface area contributed by atoms with E-state index in [0.29, 0.717) is 11.3 Å². The van der Waals surface area contributed by atoms with Gasteiger partial charge >= 0.3 is 5.00 Å². The van der Waals surface area contributed by atoms with Gasteiger partial charge in [0.15, 0.2) is 5.13 Å². The van der Waals surface area contributed by atoms with Gasteiger partial charge in [-0.1, -0.05) is 6.07 Å². The molecule has 3 rings (SSSR count). The monoisotopic (exact) mass is 334 g/mol. The summed E-state index contributed by atoms with van der Waals surface area (Å²) >= 11 is 0.672. The number of thiazole rings is 1. The highest BCUT2D eigenvalue weighted by atomic mass is 32.1. The molecule has 0 aliphatic heterocycles. The highest BCUT2D eigenvalue weighted by Crippen LogP contribution is 2.30. The van der Waals surface area contributed by atoms with E-state index in [1.807, 2.05) is 0 Å². The molecule has 1 aromatic carbocycles. The number of anilines is 1. The molecular weight excluding hydrogens is 327 g/mol. The van der Waals surface area contributed by atoms with Crippen LogP contribution in [0, 0.1) is 15.9 Å². The molecule has 0 atom stereocenters. The average molecular weight is 334 g/mol. The number of rotatable bonds is 3. The van der Waals surface area contributed by atoms with Crippen molar-refractivity contribution in [1.82, 2.24) is 9.97 Å². The van der Waals surface area contributed by atoms with Crippen molar-refractivity contribution in [3.05, 3.63) is 52.1 Å². The van der Waals surface area contributed by atoms with Crippen molar-refractivity contribution in [2.75, 3.05) is 5.32 Å². The van der Waals surface area contributed by atoms with Crippen molar-refractivity contribution >= 4 is 38.3 Å². The molecule has 116 valence electrons. The van der Waals surface area contributed by atoms with Crippen LogP contribution >= 0.6 is 11.3 Å². The van der Waals surface area contributed by atoms with Crippen LogP contribution in [-0.2, 0) is 0 Å². The number of nitrogens with one attached hydrogen (secondary N) is 1.